The predicted molar refractivity (Wildman–Crippen MR) is 126 cm³/mol. The predicted octanol–water partition coefficient (Wildman–Crippen LogP) is 5.67. The number of carbonyl (C=O) groups excluding carboxylic acids is 2. The lowest BCUT2D eigenvalue weighted by Gasteiger charge is -2.32. The van der Waals surface area contributed by atoms with Gasteiger partial charge in [-0.2, -0.15) is 0 Å². The van der Waals surface area contributed by atoms with Crippen molar-refractivity contribution in [2.24, 2.45) is 0 Å². The third kappa shape index (κ3) is 6.69. The molecule has 1 saturated carbocycles. The van der Waals surface area contributed by atoms with Crippen LogP contribution in [0.25, 0.3) is 0 Å². The van der Waals surface area contributed by atoms with Crippen molar-refractivity contribution in [3.05, 3.63) is 70.5 Å². The maximum absolute atomic E-state index is 14.8. The molecule has 0 aliphatic heterocycles. The average molecular weight is 479 g/mol. The average Bonchev–Trinajstić information content (AvgIpc) is 3.06. The molecule has 0 saturated heterocycles. The van der Waals surface area contributed by atoms with Gasteiger partial charge in [0.05, 0.1) is 0 Å². The van der Waals surface area contributed by atoms with Crippen LogP contribution in [0.1, 0.15) is 55.7 Å². The zero-order chi connectivity index (χ0) is 22.9. The van der Waals surface area contributed by atoms with Gasteiger partial charge in [0.2, 0.25) is 11.8 Å². The number of halogens is 3. The van der Waals surface area contributed by atoms with E-state index in [1.54, 1.807) is 30.3 Å². The maximum atomic E-state index is 14.8. The Morgan fingerprint density at radius 2 is 1.69 bits per heavy atom. The summed E-state index contributed by atoms with van der Waals surface area (Å²) in [6.45, 7) is 0.226. The van der Waals surface area contributed by atoms with Crippen LogP contribution >= 0.6 is 23.2 Å². The van der Waals surface area contributed by atoms with Crippen molar-refractivity contribution < 1.29 is 14.0 Å². The van der Waals surface area contributed by atoms with Crippen molar-refractivity contribution in [2.75, 3.05) is 12.4 Å². The minimum Gasteiger partial charge on any atom is -0.351 e. The Morgan fingerprint density at radius 3 is 2.31 bits per heavy atom. The standard InChI is InChI=1S/C25H29Cl2FN2O2/c26-17-23(31)30(16-15-18-11-13-19(27)14-12-18)24(21-9-5-6-10-22(21)28)25(32)29-20-7-3-1-2-4-8-20/h5-6,9-14,20,24H,1-4,7-8,15-17H2,(H,29,32)/t24-/m0/s1. The first-order valence-electron chi connectivity index (χ1n) is 11.1. The van der Waals surface area contributed by atoms with Gasteiger partial charge in [0.25, 0.3) is 0 Å². The highest BCUT2D eigenvalue weighted by Gasteiger charge is 2.33. The van der Waals surface area contributed by atoms with Crippen LogP contribution < -0.4 is 5.32 Å². The summed E-state index contributed by atoms with van der Waals surface area (Å²) in [6.07, 6.45) is 6.68. The monoisotopic (exact) mass is 478 g/mol. The van der Waals surface area contributed by atoms with Gasteiger partial charge in [0.15, 0.2) is 0 Å². The Bertz CT molecular complexity index is 899. The lowest BCUT2D eigenvalue weighted by Crippen LogP contribution is -2.48. The van der Waals surface area contributed by atoms with Crippen LogP contribution in [-0.4, -0.2) is 35.2 Å². The third-order valence-electron chi connectivity index (χ3n) is 5.95. The number of rotatable bonds is 8. The van der Waals surface area contributed by atoms with E-state index in [4.69, 9.17) is 23.2 Å². The van der Waals surface area contributed by atoms with Crippen LogP contribution in [-0.2, 0) is 16.0 Å². The minimum absolute atomic E-state index is 0.0310. The summed E-state index contributed by atoms with van der Waals surface area (Å²) in [4.78, 5) is 27.7. The van der Waals surface area contributed by atoms with Gasteiger partial charge in [-0.25, -0.2) is 4.39 Å². The molecule has 0 spiro atoms. The molecule has 0 aromatic heterocycles. The lowest BCUT2D eigenvalue weighted by atomic mass is 10.0. The normalized spacial score (nSPS) is 15.6. The molecule has 0 unspecified atom stereocenters. The fourth-order valence-corrected chi connectivity index (χ4v) is 4.51. The molecular formula is C25H29Cl2FN2O2. The van der Waals surface area contributed by atoms with Crippen molar-refractivity contribution in [3.63, 3.8) is 0 Å². The zero-order valence-electron chi connectivity index (χ0n) is 18.0. The van der Waals surface area contributed by atoms with E-state index in [9.17, 15) is 14.0 Å². The summed E-state index contributed by atoms with van der Waals surface area (Å²) in [6, 6.07) is 12.3. The second-order valence-electron chi connectivity index (χ2n) is 8.22. The fraction of sp³-hybridized carbons (Fsp3) is 0.440. The summed E-state index contributed by atoms with van der Waals surface area (Å²) in [7, 11) is 0. The Morgan fingerprint density at radius 1 is 1.03 bits per heavy atom. The van der Waals surface area contributed by atoms with Gasteiger partial charge >= 0.3 is 0 Å². The van der Waals surface area contributed by atoms with E-state index in [2.05, 4.69) is 5.32 Å². The molecule has 1 aliphatic carbocycles. The maximum Gasteiger partial charge on any atom is 0.247 e. The number of amides is 2. The van der Waals surface area contributed by atoms with Crippen molar-refractivity contribution in [1.29, 1.82) is 0 Å². The quantitative estimate of drug-likeness (QED) is 0.392. The first-order chi connectivity index (χ1) is 15.5. The van der Waals surface area contributed by atoms with Crippen LogP contribution in [0.2, 0.25) is 5.02 Å². The first kappa shape index (κ1) is 24.5. The second-order valence-corrected chi connectivity index (χ2v) is 8.92. The molecule has 1 aliphatic rings. The van der Waals surface area contributed by atoms with Crippen molar-refractivity contribution in [1.82, 2.24) is 10.2 Å². The number of nitrogens with zero attached hydrogens (tertiary/aromatic N) is 1. The first-order valence-corrected chi connectivity index (χ1v) is 12.1. The molecule has 2 aromatic rings. The molecule has 32 heavy (non-hydrogen) atoms. The largest absolute Gasteiger partial charge is 0.351 e. The van der Waals surface area contributed by atoms with Crippen LogP contribution in [0.3, 0.4) is 0 Å². The van der Waals surface area contributed by atoms with Gasteiger partial charge in [0, 0.05) is 23.2 Å². The molecule has 3 rings (SSSR count). The van der Waals surface area contributed by atoms with E-state index in [1.165, 1.54) is 11.0 Å². The van der Waals surface area contributed by atoms with Crippen molar-refractivity contribution in [3.8, 4) is 0 Å². The second kappa shape index (κ2) is 12.2. The summed E-state index contributed by atoms with van der Waals surface area (Å²) in [5, 5.41) is 3.71. The van der Waals surface area contributed by atoms with Crippen LogP contribution in [0.4, 0.5) is 4.39 Å². The smallest absolute Gasteiger partial charge is 0.247 e. The zero-order valence-corrected chi connectivity index (χ0v) is 19.5. The van der Waals surface area contributed by atoms with Crippen LogP contribution in [0, 0.1) is 5.82 Å². The van der Waals surface area contributed by atoms with Gasteiger partial charge in [-0.1, -0.05) is 67.6 Å². The number of nitrogens with one attached hydrogen (secondary N) is 1. The van der Waals surface area contributed by atoms with Crippen LogP contribution in [0.15, 0.2) is 48.5 Å². The summed E-state index contributed by atoms with van der Waals surface area (Å²) < 4.78 is 14.8. The molecule has 0 radical (unpaired) electrons. The number of hydrogen-bond donors (Lipinski definition) is 1. The molecule has 4 nitrogen and oxygen atoms in total. The Balaban J connectivity index is 1.88. The number of hydrogen-bond acceptors (Lipinski definition) is 2. The Hall–Kier alpha value is -2.11. The van der Waals surface area contributed by atoms with Gasteiger partial charge in [-0.15, -0.1) is 11.6 Å². The summed E-state index contributed by atoms with van der Waals surface area (Å²) in [5.41, 5.74) is 1.13. The van der Waals surface area contributed by atoms with Crippen molar-refractivity contribution >= 4 is 35.0 Å². The third-order valence-corrected chi connectivity index (χ3v) is 6.43. The number of benzene rings is 2. The highest BCUT2D eigenvalue weighted by Crippen LogP contribution is 2.26. The molecule has 2 aromatic carbocycles. The number of alkyl halides is 1. The fourth-order valence-electron chi connectivity index (χ4n) is 4.23. The van der Waals surface area contributed by atoms with Gasteiger partial charge in [-0.05, 0) is 43.0 Å². The molecular weight excluding hydrogens is 450 g/mol. The van der Waals surface area contributed by atoms with E-state index in [0.717, 1.165) is 44.1 Å². The molecule has 172 valence electrons. The summed E-state index contributed by atoms with van der Waals surface area (Å²) >= 11 is 11.9. The molecule has 7 heteroatoms. The highest BCUT2D eigenvalue weighted by atomic mass is 35.5. The SMILES string of the molecule is O=C(NC1CCCCCC1)[C@H](c1ccccc1F)N(CCc1ccc(Cl)cc1)C(=O)CCl. The summed E-state index contributed by atoms with van der Waals surface area (Å²) in [5.74, 6) is -1.59. The molecule has 1 N–H and O–H groups in total. The number of carbonyl (C=O) groups is 2. The topological polar surface area (TPSA) is 49.4 Å². The van der Waals surface area contributed by atoms with E-state index < -0.39 is 17.8 Å². The van der Waals surface area contributed by atoms with Crippen LogP contribution in [0.5, 0.6) is 0 Å². The Labute approximate surface area is 199 Å². The van der Waals surface area contributed by atoms with E-state index in [0.29, 0.717) is 11.4 Å². The lowest BCUT2D eigenvalue weighted by molar-refractivity contribution is -0.139. The van der Waals surface area contributed by atoms with Gasteiger partial charge < -0.3 is 10.2 Å². The van der Waals surface area contributed by atoms with Crippen molar-refractivity contribution in [2.45, 2.75) is 57.0 Å². The van der Waals surface area contributed by atoms with E-state index >= 15 is 0 Å². The van der Waals surface area contributed by atoms with Gasteiger partial charge in [-0.3, -0.25) is 9.59 Å². The minimum atomic E-state index is -1.09. The molecule has 2 amide bonds. The van der Waals surface area contributed by atoms with E-state index in [-0.39, 0.29) is 29.9 Å². The molecule has 1 fully saturated rings. The Kier molecular flexibility index (Phi) is 9.36. The molecule has 0 bridgehead atoms. The molecule has 0 heterocycles. The van der Waals surface area contributed by atoms with Gasteiger partial charge in [0.1, 0.15) is 17.7 Å². The molecule has 1 atom stereocenters. The van der Waals surface area contributed by atoms with E-state index in [1.807, 2.05) is 12.1 Å². The highest BCUT2D eigenvalue weighted by molar-refractivity contribution is 6.30.